The predicted molar refractivity (Wildman–Crippen MR) is 70.4 cm³/mol. The van der Waals surface area contributed by atoms with Crippen molar-refractivity contribution in [2.75, 3.05) is 26.8 Å². The molecule has 0 spiro atoms. The molecule has 1 rings (SSSR count). The summed E-state index contributed by atoms with van der Waals surface area (Å²) in [6.45, 7) is 4.11. The van der Waals surface area contributed by atoms with Crippen molar-refractivity contribution in [1.29, 1.82) is 0 Å². The van der Waals surface area contributed by atoms with Crippen molar-refractivity contribution in [3.05, 3.63) is 22.2 Å². The fraction of sp³-hybridized carbons (Fsp3) is 0.500. The van der Waals surface area contributed by atoms with Gasteiger partial charge in [0, 0.05) is 23.1 Å². The van der Waals surface area contributed by atoms with E-state index in [1.807, 2.05) is 17.9 Å². The number of aliphatic hydroxyl groups is 1. The molecule has 0 radical (unpaired) electrons. The van der Waals surface area contributed by atoms with Crippen molar-refractivity contribution in [3.63, 3.8) is 0 Å². The van der Waals surface area contributed by atoms with E-state index in [4.69, 9.17) is 9.84 Å². The molecule has 0 bridgehead atoms. The summed E-state index contributed by atoms with van der Waals surface area (Å²) < 4.78 is 5.96. The van der Waals surface area contributed by atoms with E-state index in [0.717, 1.165) is 16.6 Å². The van der Waals surface area contributed by atoms with Crippen LogP contribution in [0, 0.1) is 0 Å². The van der Waals surface area contributed by atoms with Crippen molar-refractivity contribution in [1.82, 2.24) is 4.90 Å². The molecule has 0 aliphatic carbocycles. The second kappa shape index (κ2) is 6.83. The van der Waals surface area contributed by atoms with Crippen molar-refractivity contribution in [2.24, 2.45) is 0 Å². The average molecular weight is 304 g/mol. The molecule has 4 nitrogen and oxygen atoms in total. The van der Waals surface area contributed by atoms with Gasteiger partial charge in [0.15, 0.2) is 11.5 Å². The summed E-state index contributed by atoms with van der Waals surface area (Å²) in [5, 5.41) is 18.9. The van der Waals surface area contributed by atoms with Crippen LogP contribution in [-0.2, 0) is 6.54 Å². The molecule has 1 aromatic carbocycles. The van der Waals surface area contributed by atoms with Gasteiger partial charge in [-0.05, 0) is 18.7 Å². The lowest BCUT2D eigenvalue weighted by molar-refractivity contribution is 0.195. The Kier molecular flexibility index (Phi) is 5.74. The number of phenolic OH excluding ortho intramolecular Hbond substituents is 1. The number of hydrogen-bond donors (Lipinski definition) is 2. The highest BCUT2D eigenvalue weighted by Crippen LogP contribution is 2.34. The van der Waals surface area contributed by atoms with E-state index in [0.29, 0.717) is 18.8 Å². The molecular formula is C12H18BrNO3. The minimum atomic E-state index is 0.111. The molecule has 0 saturated heterocycles. The molecule has 0 aromatic heterocycles. The number of rotatable bonds is 6. The fourth-order valence-electron chi connectivity index (χ4n) is 1.64. The molecule has 0 saturated carbocycles. The summed E-state index contributed by atoms with van der Waals surface area (Å²) in [7, 11) is 1.52. The minimum Gasteiger partial charge on any atom is -0.504 e. The first-order chi connectivity index (χ1) is 8.12. The molecule has 0 aliphatic heterocycles. The second-order valence-electron chi connectivity index (χ2n) is 3.71. The van der Waals surface area contributed by atoms with Gasteiger partial charge >= 0.3 is 0 Å². The van der Waals surface area contributed by atoms with Gasteiger partial charge in [-0.1, -0.05) is 22.9 Å². The van der Waals surface area contributed by atoms with Gasteiger partial charge in [0.05, 0.1) is 13.7 Å². The van der Waals surface area contributed by atoms with E-state index in [1.54, 1.807) is 6.07 Å². The molecule has 5 heteroatoms. The second-order valence-corrected chi connectivity index (χ2v) is 4.62. The van der Waals surface area contributed by atoms with Gasteiger partial charge in [0.25, 0.3) is 0 Å². The summed E-state index contributed by atoms with van der Waals surface area (Å²) in [5.41, 5.74) is 0.784. The Balaban J connectivity index is 2.92. The van der Waals surface area contributed by atoms with Crippen LogP contribution in [0.3, 0.4) is 0 Å². The summed E-state index contributed by atoms with van der Waals surface area (Å²) in [5.74, 6) is 0.613. The molecule has 1 aromatic rings. The Hall–Kier alpha value is -0.780. The number of halogens is 1. The van der Waals surface area contributed by atoms with Crippen LogP contribution in [0.4, 0.5) is 0 Å². The van der Waals surface area contributed by atoms with Crippen molar-refractivity contribution < 1.29 is 14.9 Å². The third-order valence-corrected chi connectivity index (χ3v) is 3.05. The lowest BCUT2D eigenvalue weighted by Crippen LogP contribution is -2.26. The molecule has 2 N–H and O–H groups in total. The number of hydrogen-bond acceptors (Lipinski definition) is 4. The van der Waals surface area contributed by atoms with Gasteiger partial charge in [-0.2, -0.15) is 0 Å². The monoisotopic (exact) mass is 303 g/mol. The van der Waals surface area contributed by atoms with Gasteiger partial charge in [-0.3, -0.25) is 4.90 Å². The van der Waals surface area contributed by atoms with E-state index < -0.39 is 0 Å². The maximum atomic E-state index is 9.99. The summed E-state index contributed by atoms with van der Waals surface area (Å²) in [6.07, 6.45) is 0. The summed E-state index contributed by atoms with van der Waals surface area (Å²) in [4.78, 5) is 2.04. The number of aromatic hydroxyl groups is 1. The molecule has 0 aliphatic rings. The summed E-state index contributed by atoms with van der Waals surface area (Å²) >= 11 is 3.38. The van der Waals surface area contributed by atoms with Crippen LogP contribution < -0.4 is 4.74 Å². The van der Waals surface area contributed by atoms with Crippen LogP contribution in [0.1, 0.15) is 12.5 Å². The molecule has 17 heavy (non-hydrogen) atoms. The van der Waals surface area contributed by atoms with E-state index >= 15 is 0 Å². The predicted octanol–water partition coefficient (Wildman–Crippen LogP) is 1.98. The molecule has 0 heterocycles. The zero-order valence-electron chi connectivity index (χ0n) is 10.1. The number of methoxy groups -OCH3 is 1. The summed E-state index contributed by atoms with van der Waals surface area (Å²) in [6, 6.07) is 3.58. The molecule has 0 unspecified atom stereocenters. The lowest BCUT2D eigenvalue weighted by atomic mass is 10.1. The maximum absolute atomic E-state index is 9.99. The van der Waals surface area contributed by atoms with Crippen LogP contribution in [-0.4, -0.2) is 41.9 Å². The first-order valence-electron chi connectivity index (χ1n) is 5.51. The third kappa shape index (κ3) is 3.87. The van der Waals surface area contributed by atoms with E-state index in [-0.39, 0.29) is 12.4 Å². The molecule has 0 amide bonds. The van der Waals surface area contributed by atoms with Crippen molar-refractivity contribution >= 4 is 15.9 Å². The van der Waals surface area contributed by atoms with Crippen LogP contribution in [0.5, 0.6) is 11.5 Å². The molecule has 0 atom stereocenters. The number of ether oxygens (including phenoxy) is 1. The number of nitrogens with zero attached hydrogens (tertiary/aromatic N) is 1. The van der Waals surface area contributed by atoms with Gasteiger partial charge < -0.3 is 14.9 Å². The van der Waals surface area contributed by atoms with Crippen LogP contribution in [0.15, 0.2) is 16.6 Å². The van der Waals surface area contributed by atoms with Gasteiger partial charge in [-0.15, -0.1) is 0 Å². The van der Waals surface area contributed by atoms with Gasteiger partial charge in [0.2, 0.25) is 0 Å². The highest BCUT2D eigenvalue weighted by molar-refractivity contribution is 9.10. The van der Waals surface area contributed by atoms with Crippen molar-refractivity contribution in [3.8, 4) is 11.5 Å². The highest BCUT2D eigenvalue weighted by atomic mass is 79.9. The Morgan fingerprint density at radius 2 is 2.12 bits per heavy atom. The van der Waals surface area contributed by atoms with Gasteiger partial charge in [0.1, 0.15) is 0 Å². The lowest BCUT2D eigenvalue weighted by Gasteiger charge is -2.20. The Morgan fingerprint density at radius 3 is 2.65 bits per heavy atom. The minimum absolute atomic E-state index is 0.111. The molecule has 96 valence electrons. The third-order valence-electron chi connectivity index (χ3n) is 2.60. The van der Waals surface area contributed by atoms with Gasteiger partial charge in [-0.25, -0.2) is 0 Å². The highest BCUT2D eigenvalue weighted by Gasteiger charge is 2.12. The number of aliphatic hydroxyl groups excluding tert-OH is 1. The topological polar surface area (TPSA) is 52.9 Å². The number of phenols is 1. The average Bonchev–Trinajstić information content (AvgIpc) is 2.32. The number of likely N-dealkylation sites (N-methyl/N-ethyl adjacent to an activating group) is 1. The standard InChI is InChI=1S/C12H18BrNO3/c1-3-14(4-5-15)8-9-6-10(13)7-11(17-2)12(9)16/h6-7,15-16H,3-5,8H2,1-2H3. The molecular weight excluding hydrogens is 286 g/mol. The van der Waals surface area contributed by atoms with Crippen LogP contribution in [0.2, 0.25) is 0 Å². The zero-order chi connectivity index (χ0) is 12.8. The maximum Gasteiger partial charge on any atom is 0.162 e. The van der Waals surface area contributed by atoms with E-state index in [9.17, 15) is 5.11 Å². The van der Waals surface area contributed by atoms with Crippen LogP contribution >= 0.6 is 15.9 Å². The van der Waals surface area contributed by atoms with Crippen molar-refractivity contribution in [2.45, 2.75) is 13.5 Å². The van der Waals surface area contributed by atoms with E-state index in [2.05, 4.69) is 15.9 Å². The smallest absolute Gasteiger partial charge is 0.162 e. The molecule has 0 fully saturated rings. The Bertz CT molecular complexity index is 371. The normalized spacial score (nSPS) is 10.9. The van der Waals surface area contributed by atoms with Crippen LogP contribution in [0.25, 0.3) is 0 Å². The zero-order valence-corrected chi connectivity index (χ0v) is 11.7. The first kappa shape index (κ1) is 14.3. The number of benzene rings is 1. The Morgan fingerprint density at radius 1 is 1.41 bits per heavy atom. The quantitative estimate of drug-likeness (QED) is 0.844. The largest absolute Gasteiger partial charge is 0.504 e. The fourth-order valence-corrected chi connectivity index (χ4v) is 2.12. The SMILES string of the molecule is CCN(CCO)Cc1cc(Br)cc(OC)c1O. The first-order valence-corrected chi connectivity index (χ1v) is 6.30. The Labute approximate surface area is 110 Å². The van der Waals surface area contributed by atoms with E-state index in [1.165, 1.54) is 7.11 Å².